The van der Waals surface area contributed by atoms with Crippen LogP contribution in [-0.4, -0.2) is 9.78 Å². The summed E-state index contributed by atoms with van der Waals surface area (Å²) in [4.78, 5) is 0. The summed E-state index contributed by atoms with van der Waals surface area (Å²) in [5.41, 5.74) is 7.18. The summed E-state index contributed by atoms with van der Waals surface area (Å²) in [6, 6.07) is 4.64. The van der Waals surface area contributed by atoms with Crippen LogP contribution in [0.25, 0.3) is 0 Å². The first-order valence-corrected chi connectivity index (χ1v) is 6.97. The third kappa shape index (κ3) is 3.14. The quantitative estimate of drug-likeness (QED) is 0.875. The standard InChI is InChI=1S/C14H16Cl2FN3/c1-14(18,5-3-9-4-6-19-20(9)2)10-7-13(17)12(16)8-11(10)15/h4,6-8H,3,5,18H2,1-2H3. The second-order valence-corrected chi connectivity index (χ2v) is 5.92. The van der Waals surface area contributed by atoms with Crippen molar-refractivity contribution < 1.29 is 4.39 Å². The highest BCUT2D eigenvalue weighted by Crippen LogP contribution is 2.33. The molecule has 1 atom stereocenters. The molecular weight excluding hydrogens is 300 g/mol. The van der Waals surface area contributed by atoms with E-state index in [4.69, 9.17) is 28.9 Å². The molecule has 3 nitrogen and oxygen atoms in total. The van der Waals surface area contributed by atoms with Gasteiger partial charge in [-0.15, -0.1) is 0 Å². The summed E-state index contributed by atoms with van der Waals surface area (Å²) >= 11 is 11.8. The van der Waals surface area contributed by atoms with E-state index in [1.54, 1.807) is 10.9 Å². The predicted molar refractivity (Wildman–Crippen MR) is 79.5 cm³/mol. The van der Waals surface area contributed by atoms with Gasteiger partial charge in [-0.25, -0.2) is 4.39 Å². The van der Waals surface area contributed by atoms with Crippen LogP contribution >= 0.6 is 23.2 Å². The Kier molecular flexibility index (Phi) is 4.37. The molecule has 0 aliphatic carbocycles. The molecule has 0 bridgehead atoms. The van der Waals surface area contributed by atoms with Crippen molar-refractivity contribution in [3.8, 4) is 0 Å². The van der Waals surface area contributed by atoms with Gasteiger partial charge in [0, 0.05) is 29.5 Å². The van der Waals surface area contributed by atoms with Crippen LogP contribution in [0.5, 0.6) is 0 Å². The minimum Gasteiger partial charge on any atom is -0.322 e. The Balaban J connectivity index is 2.22. The number of nitrogens with zero attached hydrogens (tertiary/aromatic N) is 2. The third-order valence-electron chi connectivity index (χ3n) is 3.45. The van der Waals surface area contributed by atoms with Crippen LogP contribution in [0, 0.1) is 5.82 Å². The molecule has 1 aromatic carbocycles. The van der Waals surface area contributed by atoms with E-state index in [9.17, 15) is 4.39 Å². The van der Waals surface area contributed by atoms with Gasteiger partial charge in [0.25, 0.3) is 0 Å². The summed E-state index contributed by atoms with van der Waals surface area (Å²) in [7, 11) is 1.87. The lowest BCUT2D eigenvalue weighted by molar-refractivity contribution is 0.442. The molecule has 0 saturated carbocycles. The molecule has 0 aliphatic heterocycles. The topological polar surface area (TPSA) is 43.8 Å². The highest BCUT2D eigenvalue weighted by Gasteiger charge is 2.25. The van der Waals surface area contributed by atoms with Gasteiger partial charge in [-0.05, 0) is 43.5 Å². The summed E-state index contributed by atoms with van der Waals surface area (Å²) < 4.78 is 15.4. The molecule has 1 heterocycles. The first-order valence-electron chi connectivity index (χ1n) is 6.22. The van der Waals surface area contributed by atoms with Crippen LogP contribution in [0.3, 0.4) is 0 Å². The molecule has 0 spiro atoms. The van der Waals surface area contributed by atoms with E-state index in [1.165, 1.54) is 12.1 Å². The van der Waals surface area contributed by atoms with Crippen LogP contribution in [0.4, 0.5) is 4.39 Å². The van der Waals surface area contributed by atoms with Crippen LogP contribution in [0.2, 0.25) is 10.0 Å². The number of aryl methyl sites for hydroxylation is 2. The van der Waals surface area contributed by atoms with E-state index in [2.05, 4.69) is 5.10 Å². The van der Waals surface area contributed by atoms with Gasteiger partial charge in [0.15, 0.2) is 0 Å². The van der Waals surface area contributed by atoms with E-state index in [1.807, 2.05) is 20.0 Å². The Morgan fingerprint density at radius 3 is 2.65 bits per heavy atom. The Hall–Kier alpha value is -1.10. The van der Waals surface area contributed by atoms with Gasteiger partial charge in [0.05, 0.1) is 5.02 Å². The van der Waals surface area contributed by atoms with Crippen LogP contribution in [0.15, 0.2) is 24.4 Å². The van der Waals surface area contributed by atoms with Crippen molar-refractivity contribution in [1.82, 2.24) is 9.78 Å². The first kappa shape index (κ1) is 15.3. The maximum atomic E-state index is 13.6. The SMILES string of the molecule is Cn1nccc1CCC(C)(N)c1cc(F)c(Cl)cc1Cl. The Bertz CT molecular complexity index is 623. The van der Waals surface area contributed by atoms with Crippen molar-refractivity contribution in [2.24, 2.45) is 12.8 Å². The zero-order valence-electron chi connectivity index (χ0n) is 11.3. The molecule has 0 aliphatic rings. The molecule has 0 amide bonds. The van der Waals surface area contributed by atoms with Gasteiger partial charge >= 0.3 is 0 Å². The van der Waals surface area contributed by atoms with Gasteiger partial charge in [0.1, 0.15) is 5.82 Å². The first-order chi connectivity index (χ1) is 9.31. The fourth-order valence-corrected chi connectivity index (χ4v) is 2.73. The number of benzene rings is 1. The predicted octanol–water partition coefficient (Wildman–Crippen LogP) is 3.67. The summed E-state index contributed by atoms with van der Waals surface area (Å²) in [6.45, 7) is 1.83. The van der Waals surface area contributed by atoms with Gasteiger partial charge in [-0.1, -0.05) is 23.2 Å². The highest BCUT2D eigenvalue weighted by atomic mass is 35.5. The minimum absolute atomic E-state index is 0.00110. The molecule has 2 rings (SSSR count). The van der Waals surface area contributed by atoms with Crippen LogP contribution in [-0.2, 0) is 19.0 Å². The van der Waals surface area contributed by atoms with E-state index in [0.29, 0.717) is 17.0 Å². The normalized spacial score (nSPS) is 14.3. The number of aromatic nitrogens is 2. The Labute approximate surface area is 127 Å². The molecule has 0 fully saturated rings. The molecule has 0 radical (unpaired) electrons. The van der Waals surface area contributed by atoms with Crippen LogP contribution < -0.4 is 5.73 Å². The smallest absolute Gasteiger partial charge is 0.142 e. The van der Waals surface area contributed by atoms with Crippen molar-refractivity contribution in [1.29, 1.82) is 0 Å². The highest BCUT2D eigenvalue weighted by molar-refractivity contribution is 6.35. The van der Waals surface area contributed by atoms with Crippen molar-refractivity contribution in [3.63, 3.8) is 0 Å². The number of nitrogens with two attached hydrogens (primary N) is 1. The number of hydrogen-bond donors (Lipinski definition) is 1. The molecule has 0 saturated heterocycles. The molecule has 2 N–H and O–H groups in total. The zero-order valence-corrected chi connectivity index (χ0v) is 12.8. The number of hydrogen-bond acceptors (Lipinski definition) is 2. The summed E-state index contributed by atoms with van der Waals surface area (Å²) in [6.07, 6.45) is 3.08. The van der Waals surface area contributed by atoms with Crippen molar-refractivity contribution in [2.75, 3.05) is 0 Å². The van der Waals surface area contributed by atoms with E-state index in [0.717, 1.165) is 12.1 Å². The molecule has 1 unspecified atom stereocenters. The van der Waals surface area contributed by atoms with Gasteiger partial charge in [0.2, 0.25) is 0 Å². The monoisotopic (exact) mass is 315 g/mol. The molecule has 108 valence electrons. The van der Waals surface area contributed by atoms with Gasteiger partial charge < -0.3 is 5.73 Å². The van der Waals surface area contributed by atoms with E-state index >= 15 is 0 Å². The average Bonchev–Trinajstić information content (AvgIpc) is 2.77. The average molecular weight is 316 g/mol. The molecule has 1 aromatic heterocycles. The van der Waals surface area contributed by atoms with Crippen molar-refractivity contribution in [3.05, 3.63) is 51.5 Å². The second kappa shape index (κ2) is 5.72. The van der Waals surface area contributed by atoms with Crippen molar-refractivity contribution in [2.45, 2.75) is 25.3 Å². The number of halogens is 3. The van der Waals surface area contributed by atoms with Crippen molar-refractivity contribution >= 4 is 23.2 Å². The zero-order chi connectivity index (χ0) is 14.9. The minimum atomic E-state index is -0.743. The summed E-state index contributed by atoms with van der Waals surface area (Å²) in [5, 5.41) is 4.49. The molecular formula is C14H16Cl2FN3. The second-order valence-electron chi connectivity index (χ2n) is 5.11. The van der Waals surface area contributed by atoms with Gasteiger partial charge in [-0.2, -0.15) is 5.10 Å². The third-order valence-corrected chi connectivity index (χ3v) is 4.05. The lowest BCUT2D eigenvalue weighted by Gasteiger charge is -2.26. The largest absolute Gasteiger partial charge is 0.322 e. The lowest BCUT2D eigenvalue weighted by Crippen LogP contribution is -2.34. The Morgan fingerprint density at radius 1 is 1.35 bits per heavy atom. The Morgan fingerprint density at radius 2 is 2.05 bits per heavy atom. The molecule has 20 heavy (non-hydrogen) atoms. The molecule has 6 heteroatoms. The lowest BCUT2D eigenvalue weighted by atomic mass is 9.87. The van der Waals surface area contributed by atoms with E-state index < -0.39 is 11.4 Å². The maximum Gasteiger partial charge on any atom is 0.142 e. The maximum absolute atomic E-state index is 13.6. The van der Waals surface area contributed by atoms with Crippen LogP contribution in [0.1, 0.15) is 24.6 Å². The number of rotatable bonds is 4. The van der Waals surface area contributed by atoms with E-state index in [-0.39, 0.29) is 5.02 Å². The summed E-state index contributed by atoms with van der Waals surface area (Å²) in [5.74, 6) is -0.511. The fraction of sp³-hybridized carbons (Fsp3) is 0.357. The fourth-order valence-electron chi connectivity index (χ4n) is 2.13. The molecule has 2 aromatic rings. The van der Waals surface area contributed by atoms with Gasteiger partial charge in [-0.3, -0.25) is 4.68 Å².